The summed E-state index contributed by atoms with van der Waals surface area (Å²) in [6.07, 6.45) is 0. The lowest BCUT2D eigenvalue weighted by atomic mass is 10.1. The highest BCUT2D eigenvalue weighted by atomic mass is 127. The van der Waals surface area contributed by atoms with E-state index < -0.39 is 0 Å². The van der Waals surface area contributed by atoms with Crippen molar-refractivity contribution >= 4 is 38.5 Å². The first-order valence-corrected chi connectivity index (χ1v) is 7.17. The number of aryl methyl sites for hydroxylation is 1. The molecule has 4 heteroatoms. The van der Waals surface area contributed by atoms with Gasteiger partial charge in [-0.25, -0.2) is 0 Å². The van der Waals surface area contributed by atoms with Crippen molar-refractivity contribution in [3.8, 4) is 0 Å². The van der Waals surface area contributed by atoms with Gasteiger partial charge in [-0.05, 0) is 72.5 Å². The van der Waals surface area contributed by atoms with Crippen molar-refractivity contribution in [2.75, 3.05) is 7.05 Å². The summed E-state index contributed by atoms with van der Waals surface area (Å²) in [6, 6.07) is 10.4. The first kappa shape index (κ1) is 13.1. The third kappa shape index (κ3) is 2.92. The Hall–Kier alpha value is -0.330. The molecular formula is C13H13BrINO. The van der Waals surface area contributed by atoms with E-state index in [1.807, 2.05) is 26.1 Å². The van der Waals surface area contributed by atoms with Crippen LogP contribution in [0.5, 0.6) is 0 Å². The molecule has 0 fully saturated rings. The normalized spacial score (nSPS) is 12.7. The maximum Gasteiger partial charge on any atom is 0.125 e. The average Bonchev–Trinajstić information content (AvgIpc) is 2.71. The molecule has 2 aromatic rings. The first-order valence-electron chi connectivity index (χ1n) is 5.30. The van der Waals surface area contributed by atoms with Crippen molar-refractivity contribution < 1.29 is 4.42 Å². The summed E-state index contributed by atoms with van der Waals surface area (Å²) in [5, 5.41) is 3.29. The zero-order chi connectivity index (χ0) is 12.4. The fourth-order valence-corrected chi connectivity index (χ4v) is 2.79. The topological polar surface area (TPSA) is 25.2 Å². The standard InChI is InChI=1S/C13H13BrINO/c1-8-3-6-12(17-8)13(16-2)10-7-9(15)4-5-11(10)14/h3-7,13,16H,1-2H3. The Labute approximate surface area is 123 Å². The van der Waals surface area contributed by atoms with Gasteiger partial charge in [0, 0.05) is 8.04 Å². The van der Waals surface area contributed by atoms with E-state index in [0.29, 0.717) is 0 Å². The molecule has 1 N–H and O–H groups in total. The number of halogens is 2. The molecule has 0 bridgehead atoms. The second-order valence-corrected chi connectivity index (χ2v) is 5.94. The van der Waals surface area contributed by atoms with E-state index in [1.54, 1.807) is 0 Å². The van der Waals surface area contributed by atoms with Gasteiger partial charge in [-0.1, -0.05) is 15.9 Å². The average molecular weight is 406 g/mol. The van der Waals surface area contributed by atoms with Crippen molar-refractivity contribution in [3.63, 3.8) is 0 Å². The molecular weight excluding hydrogens is 393 g/mol. The van der Waals surface area contributed by atoms with Gasteiger partial charge in [-0.2, -0.15) is 0 Å². The summed E-state index contributed by atoms with van der Waals surface area (Å²) in [4.78, 5) is 0. The van der Waals surface area contributed by atoms with Crippen molar-refractivity contribution in [2.24, 2.45) is 0 Å². The number of benzene rings is 1. The highest BCUT2D eigenvalue weighted by molar-refractivity contribution is 14.1. The Morgan fingerprint density at radius 1 is 1.29 bits per heavy atom. The Morgan fingerprint density at radius 3 is 2.65 bits per heavy atom. The number of furan rings is 1. The third-order valence-corrected chi connectivity index (χ3v) is 4.00. The highest BCUT2D eigenvalue weighted by Gasteiger charge is 2.18. The predicted molar refractivity (Wildman–Crippen MR) is 81.2 cm³/mol. The molecule has 0 amide bonds. The first-order chi connectivity index (χ1) is 8.11. The largest absolute Gasteiger partial charge is 0.464 e. The van der Waals surface area contributed by atoms with Gasteiger partial charge in [-0.15, -0.1) is 0 Å². The van der Waals surface area contributed by atoms with Crippen LogP contribution in [0.25, 0.3) is 0 Å². The van der Waals surface area contributed by atoms with E-state index in [1.165, 1.54) is 9.13 Å². The van der Waals surface area contributed by atoms with E-state index in [2.05, 4.69) is 62.0 Å². The molecule has 1 heterocycles. The fourth-order valence-electron chi connectivity index (χ4n) is 1.80. The van der Waals surface area contributed by atoms with E-state index in [9.17, 15) is 0 Å². The summed E-state index contributed by atoms with van der Waals surface area (Å²) in [5.74, 6) is 1.87. The second kappa shape index (κ2) is 5.54. The third-order valence-electron chi connectivity index (χ3n) is 2.60. The van der Waals surface area contributed by atoms with Crippen LogP contribution in [0.1, 0.15) is 23.1 Å². The molecule has 0 saturated carbocycles. The number of rotatable bonds is 3. The summed E-state index contributed by atoms with van der Waals surface area (Å²) < 4.78 is 8.00. The van der Waals surface area contributed by atoms with E-state index in [-0.39, 0.29) is 6.04 Å². The fraction of sp³-hybridized carbons (Fsp3) is 0.231. The van der Waals surface area contributed by atoms with Gasteiger partial charge in [-0.3, -0.25) is 0 Å². The van der Waals surface area contributed by atoms with Crippen molar-refractivity contribution in [1.29, 1.82) is 0 Å². The molecule has 2 rings (SSSR count). The van der Waals surface area contributed by atoms with Crippen LogP contribution in [0.15, 0.2) is 39.2 Å². The van der Waals surface area contributed by atoms with Crippen LogP contribution in [0.3, 0.4) is 0 Å². The molecule has 2 nitrogen and oxygen atoms in total. The van der Waals surface area contributed by atoms with E-state index in [0.717, 1.165) is 16.0 Å². The lowest BCUT2D eigenvalue weighted by Crippen LogP contribution is -2.17. The van der Waals surface area contributed by atoms with Crippen molar-refractivity contribution in [3.05, 3.63) is 55.5 Å². The molecule has 1 unspecified atom stereocenters. The number of hydrogen-bond acceptors (Lipinski definition) is 2. The zero-order valence-corrected chi connectivity index (χ0v) is 13.4. The van der Waals surface area contributed by atoms with Crippen LogP contribution < -0.4 is 5.32 Å². The van der Waals surface area contributed by atoms with Crippen LogP contribution in [0.4, 0.5) is 0 Å². The van der Waals surface area contributed by atoms with E-state index in [4.69, 9.17) is 4.42 Å². The molecule has 17 heavy (non-hydrogen) atoms. The molecule has 0 radical (unpaired) electrons. The van der Waals surface area contributed by atoms with Crippen LogP contribution in [0, 0.1) is 10.5 Å². The number of nitrogens with one attached hydrogen (secondary N) is 1. The molecule has 0 aliphatic heterocycles. The molecule has 0 saturated heterocycles. The molecule has 0 aliphatic rings. The Morgan fingerprint density at radius 2 is 2.06 bits per heavy atom. The Balaban J connectivity index is 2.45. The van der Waals surface area contributed by atoms with Crippen LogP contribution in [-0.4, -0.2) is 7.05 Å². The minimum atomic E-state index is 0.0767. The Bertz CT molecular complexity index is 524. The van der Waals surface area contributed by atoms with Gasteiger partial charge < -0.3 is 9.73 Å². The summed E-state index contributed by atoms with van der Waals surface area (Å²) in [5.41, 5.74) is 1.19. The molecule has 0 spiro atoms. The lowest BCUT2D eigenvalue weighted by Gasteiger charge is -2.16. The smallest absolute Gasteiger partial charge is 0.125 e. The molecule has 0 aliphatic carbocycles. The SMILES string of the molecule is CNC(c1ccc(C)o1)c1cc(I)ccc1Br. The maximum atomic E-state index is 5.70. The predicted octanol–water partition coefficient (Wildman–Crippen LogP) is 4.26. The number of hydrogen-bond donors (Lipinski definition) is 1. The summed E-state index contributed by atoms with van der Waals surface area (Å²) in [6.45, 7) is 1.96. The van der Waals surface area contributed by atoms with Crippen LogP contribution >= 0.6 is 38.5 Å². The quantitative estimate of drug-likeness (QED) is 0.771. The highest BCUT2D eigenvalue weighted by Crippen LogP contribution is 2.30. The molecule has 90 valence electrons. The minimum Gasteiger partial charge on any atom is -0.464 e. The lowest BCUT2D eigenvalue weighted by molar-refractivity contribution is 0.443. The van der Waals surface area contributed by atoms with Crippen molar-refractivity contribution in [1.82, 2.24) is 5.32 Å². The molecule has 1 atom stereocenters. The minimum absolute atomic E-state index is 0.0767. The molecule has 1 aromatic heterocycles. The van der Waals surface area contributed by atoms with Gasteiger partial charge in [0.1, 0.15) is 11.5 Å². The van der Waals surface area contributed by atoms with E-state index >= 15 is 0 Å². The molecule has 1 aromatic carbocycles. The Kier molecular flexibility index (Phi) is 4.27. The summed E-state index contributed by atoms with van der Waals surface area (Å²) >= 11 is 5.91. The van der Waals surface area contributed by atoms with Gasteiger partial charge in [0.25, 0.3) is 0 Å². The van der Waals surface area contributed by atoms with Gasteiger partial charge in [0.15, 0.2) is 0 Å². The van der Waals surface area contributed by atoms with Gasteiger partial charge >= 0.3 is 0 Å². The van der Waals surface area contributed by atoms with Gasteiger partial charge in [0.05, 0.1) is 6.04 Å². The van der Waals surface area contributed by atoms with Gasteiger partial charge in [0.2, 0.25) is 0 Å². The second-order valence-electron chi connectivity index (χ2n) is 3.84. The van der Waals surface area contributed by atoms with Crippen molar-refractivity contribution in [2.45, 2.75) is 13.0 Å². The van der Waals surface area contributed by atoms with Crippen LogP contribution in [0.2, 0.25) is 0 Å². The van der Waals surface area contributed by atoms with Crippen LogP contribution in [-0.2, 0) is 0 Å². The monoisotopic (exact) mass is 405 g/mol. The summed E-state index contributed by atoms with van der Waals surface area (Å²) in [7, 11) is 1.94. The zero-order valence-electron chi connectivity index (χ0n) is 9.63. The maximum absolute atomic E-state index is 5.70.